The molecule has 0 spiro atoms. The highest BCUT2D eigenvalue weighted by Crippen LogP contribution is 2.22. The third-order valence-corrected chi connectivity index (χ3v) is 4.39. The number of aromatic nitrogens is 3. The molecule has 0 radical (unpaired) electrons. The number of rotatable bonds is 6. The highest BCUT2D eigenvalue weighted by Gasteiger charge is 2.20. The summed E-state index contributed by atoms with van der Waals surface area (Å²) in [5, 5.41) is 4.91. The van der Waals surface area contributed by atoms with Gasteiger partial charge in [-0.3, -0.25) is 4.79 Å². The molecule has 0 unspecified atom stereocenters. The van der Waals surface area contributed by atoms with Gasteiger partial charge in [-0.15, -0.1) is 5.10 Å². The van der Waals surface area contributed by atoms with Gasteiger partial charge in [0.05, 0.1) is 17.3 Å². The Bertz CT molecular complexity index is 955. The van der Waals surface area contributed by atoms with Crippen LogP contribution in [0.2, 0.25) is 5.02 Å². The molecule has 0 aliphatic heterocycles. The SMILES string of the molecule is CCOc1ccccc1CN(C)C(=O)c1nc(C)n(-c2ccccc2Cl)n1. The van der Waals surface area contributed by atoms with Crippen molar-refractivity contribution >= 4 is 17.5 Å². The maximum Gasteiger partial charge on any atom is 0.293 e. The van der Waals surface area contributed by atoms with Gasteiger partial charge in [0, 0.05) is 19.2 Å². The average molecular weight is 385 g/mol. The number of halogens is 1. The molecule has 0 N–H and O–H groups in total. The minimum atomic E-state index is -0.268. The number of para-hydroxylation sites is 2. The van der Waals surface area contributed by atoms with Crippen molar-refractivity contribution in [1.29, 1.82) is 0 Å². The Kier molecular flexibility index (Phi) is 5.76. The van der Waals surface area contributed by atoms with E-state index in [4.69, 9.17) is 16.3 Å². The van der Waals surface area contributed by atoms with Crippen molar-refractivity contribution in [3.8, 4) is 11.4 Å². The third-order valence-electron chi connectivity index (χ3n) is 4.07. The minimum Gasteiger partial charge on any atom is -0.494 e. The van der Waals surface area contributed by atoms with Crippen LogP contribution in [0.15, 0.2) is 48.5 Å². The quantitative estimate of drug-likeness (QED) is 0.646. The summed E-state index contributed by atoms with van der Waals surface area (Å²) < 4.78 is 7.21. The molecule has 2 aromatic carbocycles. The zero-order valence-corrected chi connectivity index (χ0v) is 16.3. The van der Waals surface area contributed by atoms with Crippen LogP contribution in [0.4, 0.5) is 0 Å². The number of benzene rings is 2. The molecular weight excluding hydrogens is 364 g/mol. The van der Waals surface area contributed by atoms with Crippen molar-refractivity contribution in [1.82, 2.24) is 19.7 Å². The largest absolute Gasteiger partial charge is 0.494 e. The van der Waals surface area contributed by atoms with Gasteiger partial charge in [0.15, 0.2) is 0 Å². The topological polar surface area (TPSA) is 60.2 Å². The van der Waals surface area contributed by atoms with Gasteiger partial charge in [-0.25, -0.2) is 9.67 Å². The number of ether oxygens (including phenoxy) is 1. The van der Waals surface area contributed by atoms with Crippen molar-refractivity contribution in [2.45, 2.75) is 20.4 Å². The zero-order valence-electron chi connectivity index (χ0n) is 15.5. The molecule has 3 rings (SSSR count). The molecular formula is C20H21ClN4O2. The van der Waals surface area contributed by atoms with E-state index in [0.717, 1.165) is 11.3 Å². The lowest BCUT2D eigenvalue weighted by Gasteiger charge is -2.17. The Morgan fingerprint density at radius 3 is 2.63 bits per heavy atom. The molecule has 0 saturated heterocycles. The number of aryl methyl sites for hydroxylation is 1. The van der Waals surface area contributed by atoms with Crippen LogP contribution in [0, 0.1) is 6.92 Å². The normalized spacial score (nSPS) is 10.7. The smallest absolute Gasteiger partial charge is 0.293 e. The van der Waals surface area contributed by atoms with Crippen LogP contribution in [0.1, 0.15) is 28.9 Å². The Hall–Kier alpha value is -2.86. The van der Waals surface area contributed by atoms with E-state index in [-0.39, 0.29) is 11.7 Å². The Balaban J connectivity index is 1.82. The molecule has 27 heavy (non-hydrogen) atoms. The predicted molar refractivity (Wildman–Crippen MR) is 105 cm³/mol. The Labute approximate surface area is 163 Å². The summed E-state index contributed by atoms with van der Waals surface area (Å²) >= 11 is 6.24. The van der Waals surface area contributed by atoms with Crippen LogP contribution < -0.4 is 4.74 Å². The summed E-state index contributed by atoms with van der Waals surface area (Å²) in [5.74, 6) is 1.22. The second-order valence-corrected chi connectivity index (χ2v) is 6.45. The van der Waals surface area contributed by atoms with Gasteiger partial charge in [-0.2, -0.15) is 0 Å². The molecule has 1 heterocycles. The number of hydrogen-bond acceptors (Lipinski definition) is 4. The summed E-state index contributed by atoms with van der Waals surface area (Å²) in [6.45, 7) is 4.68. The second kappa shape index (κ2) is 8.22. The van der Waals surface area contributed by atoms with Gasteiger partial charge in [0.25, 0.3) is 5.91 Å². The standard InChI is InChI=1S/C20H21ClN4O2/c1-4-27-18-12-8-5-9-15(18)13-24(3)20(26)19-22-14(2)25(23-19)17-11-7-6-10-16(17)21/h5-12H,4,13H2,1-3H3. The van der Waals surface area contributed by atoms with E-state index in [1.165, 1.54) is 0 Å². The first-order valence-electron chi connectivity index (χ1n) is 8.66. The molecule has 0 bridgehead atoms. The van der Waals surface area contributed by atoms with Crippen LogP contribution >= 0.6 is 11.6 Å². The first-order valence-corrected chi connectivity index (χ1v) is 9.03. The summed E-state index contributed by atoms with van der Waals surface area (Å²) in [4.78, 5) is 18.7. The van der Waals surface area contributed by atoms with Crippen molar-refractivity contribution < 1.29 is 9.53 Å². The van der Waals surface area contributed by atoms with E-state index in [0.29, 0.717) is 29.7 Å². The number of hydrogen-bond donors (Lipinski definition) is 0. The van der Waals surface area contributed by atoms with Gasteiger partial charge in [-0.05, 0) is 32.0 Å². The lowest BCUT2D eigenvalue weighted by Crippen LogP contribution is -2.27. The monoisotopic (exact) mass is 384 g/mol. The van der Waals surface area contributed by atoms with Gasteiger partial charge in [-0.1, -0.05) is 41.9 Å². The zero-order chi connectivity index (χ0) is 19.4. The summed E-state index contributed by atoms with van der Waals surface area (Å²) in [7, 11) is 1.72. The van der Waals surface area contributed by atoms with Crippen molar-refractivity contribution in [2.24, 2.45) is 0 Å². The number of carbonyl (C=O) groups excluding carboxylic acids is 1. The number of carbonyl (C=O) groups is 1. The number of nitrogens with zero attached hydrogens (tertiary/aromatic N) is 4. The first kappa shape index (κ1) is 18.9. The highest BCUT2D eigenvalue weighted by molar-refractivity contribution is 6.32. The fourth-order valence-electron chi connectivity index (χ4n) is 2.76. The van der Waals surface area contributed by atoms with E-state index < -0.39 is 0 Å². The maximum absolute atomic E-state index is 12.8. The van der Waals surface area contributed by atoms with Gasteiger partial charge < -0.3 is 9.64 Å². The molecule has 0 aliphatic rings. The summed E-state index contributed by atoms with van der Waals surface area (Å²) in [6.07, 6.45) is 0. The van der Waals surface area contributed by atoms with Crippen molar-refractivity contribution in [3.05, 3.63) is 70.8 Å². The molecule has 140 valence electrons. The van der Waals surface area contributed by atoms with Crippen LogP contribution in [0.5, 0.6) is 5.75 Å². The molecule has 6 nitrogen and oxygen atoms in total. The molecule has 0 saturated carbocycles. The molecule has 0 aliphatic carbocycles. The molecule has 3 aromatic rings. The van der Waals surface area contributed by atoms with E-state index in [2.05, 4.69) is 10.1 Å². The average Bonchev–Trinajstić information content (AvgIpc) is 3.04. The summed E-state index contributed by atoms with van der Waals surface area (Å²) in [5.41, 5.74) is 1.62. The number of amides is 1. The molecule has 1 aromatic heterocycles. The highest BCUT2D eigenvalue weighted by atomic mass is 35.5. The molecule has 1 amide bonds. The first-order chi connectivity index (χ1) is 13.0. The lowest BCUT2D eigenvalue weighted by molar-refractivity contribution is 0.0772. The maximum atomic E-state index is 12.8. The van der Waals surface area contributed by atoms with E-state index in [1.54, 1.807) is 29.6 Å². The predicted octanol–water partition coefficient (Wildman–Crippen LogP) is 3.90. The molecule has 0 fully saturated rings. The van der Waals surface area contributed by atoms with E-state index in [9.17, 15) is 4.79 Å². The lowest BCUT2D eigenvalue weighted by atomic mass is 10.2. The third kappa shape index (κ3) is 4.11. The van der Waals surface area contributed by atoms with Crippen molar-refractivity contribution in [3.63, 3.8) is 0 Å². The Morgan fingerprint density at radius 2 is 1.89 bits per heavy atom. The minimum absolute atomic E-state index is 0.129. The molecule has 0 atom stereocenters. The van der Waals surface area contributed by atoms with Crippen molar-refractivity contribution in [2.75, 3.05) is 13.7 Å². The van der Waals surface area contributed by atoms with Crippen LogP contribution in [-0.4, -0.2) is 39.2 Å². The van der Waals surface area contributed by atoms with Gasteiger partial charge in [0.2, 0.25) is 5.82 Å². The summed E-state index contributed by atoms with van der Waals surface area (Å²) in [6, 6.07) is 15.0. The fraction of sp³-hybridized carbons (Fsp3) is 0.250. The second-order valence-electron chi connectivity index (χ2n) is 6.05. The van der Waals surface area contributed by atoms with E-state index >= 15 is 0 Å². The van der Waals surface area contributed by atoms with Crippen LogP contribution in [0.3, 0.4) is 0 Å². The Morgan fingerprint density at radius 1 is 1.19 bits per heavy atom. The van der Waals surface area contributed by atoms with Gasteiger partial charge in [0.1, 0.15) is 11.6 Å². The molecule has 7 heteroatoms. The van der Waals surface area contributed by atoms with Crippen LogP contribution in [-0.2, 0) is 6.54 Å². The van der Waals surface area contributed by atoms with Crippen LogP contribution in [0.25, 0.3) is 5.69 Å². The van der Waals surface area contributed by atoms with E-state index in [1.807, 2.05) is 49.4 Å². The fourth-order valence-corrected chi connectivity index (χ4v) is 2.98. The van der Waals surface area contributed by atoms with Gasteiger partial charge >= 0.3 is 0 Å².